The average Bonchev–Trinajstić information content (AvgIpc) is 3.56. The second-order valence-corrected chi connectivity index (χ2v) is 8.20. The third-order valence-electron chi connectivity index (χ3n) is 5.84. The van der Waals surface area contributed by atoms with Crippen LogP contribution in [-0.2, 0) is 11.3 Å². The van der Waals surface area contributed by atoms with Crippen molar-refractivity contribution in [1.82, 2.24) is 19.9 Å². The lowest BCUT2D eigenvalue weighted by Crippen LogP contribution is -2.31. The highest BCUT2D eigenvalue weighted by Gasteiger charge is 2.17. The van der Waals surface area contributed by atoms with E-state index in [9.17, 15) is 9.59 Å². The Morgan fingerprint density at radius 3 is 2.74 bits per heavy atom. The molecule has 1 fully saturated rings. The van der Waals surface area contributed by atoms with Crippen LogP contribution in [0.3, 0.4) is 0 Å². The predicted octanol–water partition coefficient (Wildman–Crippen LogP) is 3.20. The van der Waals surface area contributed by atoms with Crippen molar-refractivity contribution in [2.45, 2.75) is 32.4 Å². The van der Waals surface area contributed by atoms with Gasteiger partial charge in [-0.25, -0.2) is 4.98 Å². The Balaban J connectivity index is 1.42. The molecule has 9 heteroatoms. The smallest absolute Gasteiger partial charge is 0.256 e. The summed E-state index contributed by atoms with van der Waals surface area (Å²) in [6, 6.07) is 13.8. The molecule has 2 N–H and O–H groups in total. The number of hydrogen-bond donors (Lipinski definition) is 2. The fourth-order valence-electron chi connectivity index (χ4n) is 4.05. The molecular formula is C25H25N5O4. The van der Waals surface area contributed by atoms with E-state index in [-0.39, 0.29) is 17.6 Å². The highest BCUT2D eigenvalue weighted by Crippen LogP contribution is 2.20. The Hall–Kier alpha value is -3.98. The molecule has 0 radical (unpaired) electrons. The molecule has 4 heterocycles. The van der Waals surface area contributed by atoms with Crippen LogP contribution >= 0.6 is 0 Å². The molecule has 1 aliphatic heterocycles. The summed E-state index contributed by atoms with van der Waals surface area (Å²) < 4.78 is 12.4. The summed E-state index contributed by atoms with van der Waals surface area (Å²) in [4.78, 5) is 34.5. The van der Waals surface area contributed by atoms with Crippen LogP contribution < -0.4 is 16.2 Å². The molecular weight excluding hydrogens is 434 g/mol. The summed E-state index contributed by atoms with van der Waals surface area (Å²) in [5.74, 6) is 0.973. The largest absolute Gasteiger partial charge is 0.467 e. The number of hydrogen-bond acceptors (Lipinski definition) is 7. The molecule has 0 saturated carbocycles. The Kier molecular flexibility index (Phi) is 6.09. The molecule has 1 unspecified atom stereocenters. The minimum Gasteiger partial charge on any atom is -0.467 e. The number of fused-ring (bicyclic) bond motifs is 1. The molecule has 34 heavy (non-hydrogen) atoms. The van der Waals surface area contributed by atoms with E-state index in [0.29, 0.717) is 35.9 Å². The zero-order valence-electron chi connectivity index (χ0n) is 18.8. The molecule has 0 spiro atoms. The van der Waals surface area contributed by atoms with Gasteiger partial charge in [0.1, 0.15) is 5.76 Å². The molecule has 5 rings (SSSR count). The van der Waals surface area contributed by atoms with Gasteiger partial charge in [0.2, 0.25) is 5.95 Å². The van der Waals surface area contributed by atoms with Gasteiger partial charge in [-0.05, 0) is 62.2 Å². The molecule has 3 aromatic heterocycles. The first-order valence-electron chi connectivity index (χ1n) is 11.3. The fourth-order valence-corrected chi connectivity index (χ4v) is 4.05. The number of ether oxygens (including phenoxy) is 1. The number of rotatable bonds is 7. The van der Waals surface area contributed by atoms with Gasteiger partial charge in [0, 0.05) is 30.2 Å². The van der Waals surface area contributed by atoms with Crippen molar-refractivity contribution in [3.8, 4) is 5.69 Å². The van der Waals surface area contributed by atoms with Crippen molar-refractivity contribution in [1.29, 1.82) is 0 Å². The Morgan fingerprint density at radius 1 is 1.15 bits per heavy atom. The van der Waals surface area contributed by atoms with Crippen LogP contribution in [-0.4, -0.2) is 39.7 Å². The first-order valence-corrected chi connectivity index (χ1v) is 11.3. The van der Waals surface area contributed by atoms with E-state index in [1.165, 1.54) is 10.6 Å². The van der Waals surface area contributed by atoms with E-state index in [0.717, 1.165) is 36.3 Å². The van der Waals surface area contributed by atoms with Crippen molar-refractivity contribution in [2.24, 2.45) is 0 Å². The van der Waals surface area contributed by atoms with Gasteiger partial charge < -0.3 is 19.8 Å². The number of pyridine rings is 1. The van der Waals surface area contributed by atoms with Crippen LogP contribution in [0.5, 0.6) is 0 Å². The molecule has 4 aromatic rings. The van der Waals surface area contributed by atoms with Gasteiger partial charge in [-0.3, -0.25) is 14.2 Å². The molecule has 1 aliphatic rings. The number of aromatic nitrogens is 3. The van der Waals surface area contributed by atoms with Gasteiger partial charge in [0.15, 0.2) is 5.65 Å². The lowest BCUT2D eigenvalue weighted by atomic mass is 10.1. The van der Waals surface area contributed by atoms with Gasteiger partial charge in [0.05, 0.1) is 30.3 Å². The normalized spacial score (nSPS) is 15.5. The van der Waals surface area contributed by atoms with Crippen molar-refractivity contribution >= 4 is 22.9 Å². The van der Waals surface area contributed by atoms with Crippen LogP contribution in [0, 0.1) is 6.92 Å². The van der Waals surface area contributed by atoms with Crippen molar-refractivity contribution in [3.63, 3.8) is 0 Å². The molecule has 9 nitrogen and oxygen atoms in total. The van der Waals surface area contributed by atoms with Crippen molar-refractivity contribution in [2.75, 3.05) is 18.5 Å². The standard InChI is InChI=1S/C25H25N5O4/c1-16-21-10-11-22(31)30(23(21)29-25(28-16)27-15-20-5-3-13-34-20)18-8-6-17(7-9-18)24(32)26-14-19-4-2-12-33-19/h3,5-11,13,19H,2,4,12,14-15H2,1H3,(H,26,32)(H,27,28,29). The third-order valence-corrected chi connectivity index (χ3v) is 5.84. The number of furan rings is 1. The summed E-state index contributed by atoms with van der Waals surface area (Å²) >= 11 is 0. The highest BCUT2D eigenvalue weighted by molar-refractivity contribution is 5.94. The molecule has 1 atom stereocenters. The van der Waals surface area contributed by atoms with Crippen LogP contribution in [0.4, 0.5) is 5.95 Å². The zero-order valence-corrected chi connectivity index (χ0v) is 18.8. The lowest BCUT2D eigenvalue weighted by molar-refractivity contribution is 0.0858. The first-order chi connectivity index (χ1) is 16.6. The van der Waals surface area contributed by atoms with E-state index in [1.807, 2.05) is 19.1 Å². The van der Waals surface area contributed by atoms with Crippen molar-refractivity contribution in [3.05, 3.63) is 82.2 Å². The number of aryl methyl sites for hydroxylation is 1. The number of nitrogens with one attached hydrogen (secondary N) is 2. The molecule has 1 aromatic carbocycles. The predicted molar refractivity (Wildman–Crippen MR) is 127 cm³/mol. The average molecular weight is 460 g/mol. The number of benzene rings is 1. The van der Waals surface area contributed by atoms with Gasteiger partial charge >= 0.3 is 0 Å². The van der Waals surface area contributed by atoms with Crippen LogP contribution in [0.25, 0.3) is 16.7 Å². The molecule has 0 aliphatic carbocycles. The van der Waals surface area contributed by atoms with E-state index < -0.39 is 0 Å². The van der Waals surface area contributed by atoms with Crippen LogP contribution in [0.1, 0.15) is 34.7 Å². The highest BCUT2D eigenvalue weighted by atomic mass is 16.5. The maximum absolute atomic E-state index is 12.8. The Morgan fingerprint density at radius 2 is 2.00 bits per heavy atom. The van der Waals surface area contributed by atoms with Crippen LogP contribution in [0.2, 0.25) is 0 Å². The SMILES string of the molecule is Cc1nc(NCc2ccco2)nc2c1ccc(=O)n2-c1ccc(C(=O)NCC2CCCO2)cc1. The quantitative estimate of drug-likeness (QED) is 0.437. The molecule has 1 saturated heterocycles. The summed E-state index contributed by atoms with van der Waals surface area (Å²) in [7, 11) is 0. The number of nitrogens with zero attached hydrogens (tertiary/aromatic N) is 3. The maximum Gasteiger partial charge on any atom is 0.256 e. The summed E-state index contributed by atoms with van der Waals surface area (Å²) in [6.07, 6.45) is 3.67. The monoisotopic (exact) mass is 459 g/mol. The first kappa shape index (κ1) is 21.8. The summed E-state index contributed by atoms with van der Waals surface area (Å²) in [5, 5.41) is 6.82. The number of carbonyl (C=O) groups excluding carboxylic acids is 1. The molecule has 0 bridgehead atoms. The van der Waals surface area contributed by atoms with Gasteiger partial charge in [0.25, 0.3) is 11.5 Å². The maximum atomic E-state index is 12.8. The molecule has 1 amide bonds. The number of amides is 1. The van der Waals surface area contributed by atoms with Crippen LogP contribution in [0.15, 0.2) is 64.0 Å². The fraction of sp³-hybridized carbons (Fsp3) is 0.280. The second-order valence-electron chi connectivity index (χ2n) is 8.20. The minimum atomic E-state index is -0.224. The second kappa shape index (κ2) is 9.48. The zero-order chi connectivity index (χ0) is 23.5. The number of anilines is 1. The summed E-state index contributed by atoms with van der Waals surface area (Å²) in [5.41, 5.74) is 2.13. The molecule has 174 valence electrons. The van der Waals surface area contributed by atoms with Gasteiger partial charge in [-0.2, -0.15) is 4.98 Å². The van der Waals surface area contributed by atoms with Crippen molar-refractivity contribution < 1.29 is 13.9 Å². The lowest BCUT2D eigenvalue weighted by Gasteiger charge is -2.13. The van der Waals surface area contributed by atoms with Gasteiger partial charge in [-0.1, -0.05) is 0 Å². The Bertz CT molecular complexity index is 1360. The number of carbonyl (C=O) groups is 1. The topological polar surface area (TPSA) is 111 Å². The third kappa shape index (κ3) is 4.55. The van der Waals surface area contributed by atoms with Gasteiger partial charge in [-0.15, -0.1) is 0 Å². The minimum absolute atomic E-state index is 0.0796. The van der Waals surface area contributed by atoms with E-state index in [1.54, 1.807) is 36.6 Å². The van der Waals surface area contributed by atoms with E-state index in [4.69, 9.17) is 9.15 Å². The Labute approximate surface area is 195 Å². The summed E-state index contributed by atoms with van der Waals surface area (Å²) in [6.45, 7) is 3.54. The van der Waals surface area contributed by atoms with E-state index >= 15 is 0 Å². The van der Waals surface area contributed by atoms with E-state index in [2.05, 4.69) is 20.6 Å².